The Hall–Kier alpha value is -1.66. The molecule has 2 atom stereocenters. The summed E-state index contributed by atoms with van der Waals surface area (Å²) in [5, 5.41) is 2.94. The van der Waals surface area contributed by atoms with E-state index in [9.17, 15) is 13.2 Å². The molecule has 0 aliphatic heterocycles. The summed E-state index contributed by atoms with van der Waals surface area (Å²) in [6.07, 6.45) is 2.10. The summed E-state index contributed by atoms with van der Waals surface area (Å²) in [6.45, 7) is 2.50. The molecule has 1 aromatic carbocycles. The predicted molar refractivity (Wildman–Crippen MR) is 91.3 cm³/mol. The molecule has 3 rings (SSSR count). The number of rotatable bonds is 5. The van der Waals surface area contributed by atoms with Gasteiger partial charge in [0.2, 0.25) is 5.91 Å². The Morgan fingerprint density at radius 1 is 1.22 bits per heavy atom. The largest absolute Gasteiger partial charge is 0.352 e. The molecule has 1 amide bonds. The van der Waals surface area contributed by atoms with Gasteiger partial charge >= 0.3 is 0 Å². The van der Waals surface area contributed by atoms with Crippen LogP contribution in [-0.4, -0.2) is 20.6 Å². The fourth-order valence-corrected chi connectivity index (χ4v) is 4.31. The Kier molecular flexibility index (Phi) is 4.29. The van der Waals surface area contributed by atoms with Crippen molar-refractivity contribution in [1.29, 1.82) is 0 Å². The average Bonchev–Trinajstić information content (AvgIpc) is 3.19. The smallest absolute Gasteiger partial charge is 0.224 e. The van der Waals surface area contributed by atoms with Crippen LogP contribution in [0.2, 0.25) is 0 Å². The summed E-state index contributed by atoms with van der Waals surface area (Å²) in [6, 6.07) is 10.8. The van der Waals surface area contributed by atoms with E-state index in [1.807, 2.05) is 0 Å². The van der Waals surface area contributed by atoms with Crippen molar-refractivity contribution in [3.05, 3.63) is 51.7 Å². The molecule has 23 heavy (non-hydrogen) atoms. The van der Waals surface area contributed by atoms with Crippen LogP contribution in [0.4, 0.5) is 0 Å². The maximum Gasteiger partial charge on any atom is 0.224 e. The SMILES string of the molecule is Cc1ccc(C2CC2C(=O)NCc2ccc(S(C)(=O)=O)cc2)s1. The average molecular weight is 349 g/mol. The van der Waals surface area contributed by atoms with Crippen LogP contribution in [0.25, 0.3) is 0 Å². The van der Waals surface area contributed by atoms with E-state index in [0.717, 1.165) is 12.0 Å². The van der Waals surface area contributed by atoms with Gasteiger partial charge in [0.15, 0.2) is 9.84 Å². The van der Waals surface area contributed by atoms with E-state index < -0.39 is 9.84 Å². The summed E-state index contributed by atoms with van der Waals surface area (Å²) in [4.78, 5) is 15.1. The standard InChI is InChI=1S/C17H19NO3S2/c1-11-3-8-16(22-11)14-9-15(14)17(19)18-10-12-4-6-13(7-5-12)23(2,20)21/h3-8,14-15H,9-10H2,1-2H3,(H,18,19). The fraction of sp³-hybridized carbons (Fsp3) is 0.353. The van der Waals surface area contributed by atoms with Gasteiger partial charge in [-0.2, -0.15) is 0 Å². The second kappa shape index (κ2) is 6.09. The predicted octanol–water partition coefficient (Wildman–Crippen LogP) is 2.88. The lowest BCUT2D eigenvalue weighted by Gasteiger charge is -2.06. The van der Waals surface area contributed by atoms with Gasteiger partial charge in [-0.15, -0.1) is 11.3 Å². The molecule has 0 bridgehead atoms. The van der Waals surface area contributed by atoms with Gasteiger partial charge in [-0.1, -0.05) is 12.1 Å². The minimum Gasteiger partial charge on any atom is -0.352 e. The number of hydrogen-bond acceptors (Lipinski definition) is 4. The second-order valence-electron chi connectivity index (χ2n) is 6.03. The van der Waals surface area contributed by atoms with E-state index in [-0.39, 0.29) is 11.8 Å². The van der Waals surface area contributed by atoms with Gasteiger partial charge in [-0.05, 0) is 43.2 Å². The molecule has 0 radical (unpaired) electrons. The highest BCUT2D eigenvalue weighted by Crippen LogP contribution is 2.49. The van der Waals surface area contributed by atoms with Crippen molar-refractivity contribution in [2.75, 3.05) is 6.26 Å². The molecule has 1 N–H and O–H groups in total. The van der Waals surface area contributed by atoms with Crippen LogP contribution in [0.1, 0.15) is 27.7 Å². The summed E-state index contributed by atoms with van der Waals surface area (Å²) >= 11 is 1.76. The third kappa shape index (κ3) is 3.82. The molecular weight excluding hydrogens is 330 g/mol. The highest BCUT2D eigenvalue weighted by atomic mass is 32.2. The topological polar surface area (TPSA) is 63.2 Å². The summed E-state index contributed by atoms with van der Waals surface area (Å²) in [7, 11) is -3.18. The van der Waals surface area contributed by atoms with Gasteiger partial charge in [0, 0.05) is 34.4 Å². The number of nitrogens with one attached hydrogen (secondary N) is 1. The molecule has 122 valence electrons. The number of carbonyl (C=O) groups excluding carboxylic acids is 1. The Balaban J connectivity index is 1.54. The maximum absolute atomic E-state index is 12.2. The number of amides is 1. The van der Waals surface area contributed by atoms with E-state index in [1.165, 1.54) is 16.0 Å². The Morgan fingerprint density at radius 3 is 2.48 bits per heavy atom. The Labute approximate surface area is 140 Å². The van der Waals surface area contributed by atoms with Crippen LogP contribution >= 0.6 is 11.3 Å². The van der Waals surface area contributed by atoms with Gasteiger partial charge in [0.25, 0.3) is 0 Å². The summed E-state index contributed by atoms with van der Waals surface area (Å²) in [5.41, 5.74) is 0.898. The number of aryl methyl sites for hydroxylation is 1. The molecule has 2 aromatic rings. The first kappa shape index (κ1) is 16.2. The zero-order valence-electron chi connectivity index (χ0n) is 13.1. The van der Waals surface area contributed by atoms with Crippen LogP contribution in [0.15, 0.2) is 41.3 Å². The Bertz CT molecular complexity index is 822. The molecule has 1 aliphatic rings. The van der Waals surface area contributed by atoms with Crippen molar-refractivity contribution in [3.63, 3.8) is 0 Å². The fourth-order valence-electron chi connectivity index (χ4n) is 2.63. The van der Waals surface area contributed by atoms with Gasteiger partial charge in [0.05, 0.1) is 4.90 Å². The van der Waals surface area contributed by atoms with Gasteiger partial charge < -0.3 is 5.32 Å². The third-order valence-corrected chi connectivity index (χ3v) is 6.33. The number of benzene rings is 1. The zero-order chi connectivity index (χ0) is 16.6. The molecule has 1 aliphatic carbocycles. The first-order valence-corrected chi connectivity index (χ1v) is 10.2. The number of sulfone groups is 1. The maximum atomic E-state index is 12.2. The van der Waals surface area contributed by atoms with Crippen molar-refractivity contribution in [3.8, 4) is 0 Å². The van der Waals surface area contributed by atoms with Crippen LogP contribution in [0.3, 0.4) is 0 Å². The van der Waals surface area contributed by atoms with E-state index in [4.69, 9.17) is 0 Å². The monoisotopic (exact) mass is 349 g/mol. The first-order chi connectivity index (χ1) is 10.8. The summed E-state index contributed by atoms with van der Waals surface area (Å²) in [5.74, 6) is 0.512. The first-order valence-electron chi connectivity index (χ1n) is 7.47. The molecule has 1 heterocycles. The van der Waals surface area contributed by atoms with E-state index in [2.05, 4.69) is 24.4 Å². The van der Waals surface area contributed by atoms with Crippen LogP contribution in [0, 0.1) is 12.8 Å². The van der Waals surface area contributed by atoms with Crippen molar-refractivity contribution in [2.45, 2.75) is 30.7 Å². The molecule has 0 saturated heterocycles. The van der Waals surface area contributed by atoms with Gasteiger partial charge in [0.1, 0.15) is 0 Å². The lowest BCUT2D eigenvalue weighted by Crippen LogP contribution is -2.24. The quantitative estimate of drug-likeness (QED) is 0.903. The normalized spacial score (nSPS) is 20.3. The summed E-state index contributed by atoms with van der Waals surface area (Å²) < 4.78 is 22.8. The van der Waals surface area contributed by atoms with Crippen molar-refractivity contribution >= 4 is 27.1 Å². The van der Waals surface area contributed by atoms with E-state index >= 15 is 0 Å². The van der Waals surface area contributed by atoms with Gasteiger partial charge in [-0.3, -0.25) is 4.79 Å². The molecule has 1 fully saturated rings. The lowest BCUT2D eigenvalue weighted by molar-refractivity contribution is -0.122. The minimum atomic E-state index is -3.18. The molecular formula is C17H19NO3S2. The number of hydrogen-bond donors (Lipinski definition) is 1. The molecule has 6 heteroatoms. The zero-order valence-corrected chi connectivity index (χ0v) is 14.7. The van der Waals surface area contributed by atoms with Crippen LogP contribution < -0.4 is 5.32 Å². The lowest BCUT2D eigenvalue weighted by atomic mass is 10.2. The highest BCUT2D eigenvalue weighted by Gasteiger charge is 2.44. The third-order valence-electron chi connectivity index (χ3n) is 4.07. The molecule has 4 nitrogen and oxygen atoms in total. The van der Waals surface area contributed by atoms with Crippen LogP contribution in [0.5, 0.6) is 0 Å². The second-order valence-corrected chi connectivity index (χ2v) is 9.37. The number of thiophene rings is 1. The van der Waals surface area contributed by atoms with Gasteiger partial charge in [-0.25, -0.2) is 8.42 Å². The highest BCUT2D eigenvalue weighted by molar-refractivity contribution is 7.90. The van der Waals surface area contributed by atoms with Crippen molar-refractivity contribution < 1.29 is 13.2 Å². The van der Waals surface area contributed by atoms with E-state index in [0.29, 0.717) is 17.4 Å². The molecule has 2 unspecified atom stereocenters. The number of carbonyl (C=O) groups is 1. The van der Waals surface area contributed by atoms with Crippen LogP contribution in [-0.2, 0) is 21.2 Å². The molecule has 1 saturated carbocycles. The van der Waals surface area contributed by atoms with Crippen molar-refractivity contribution in [1.82, 2.24) is 5.32 Å². The molecule has 1 aromatic heterocycles. The Morgan fingerprint density at radius 2 is 1.91 bits per heavy atom. The van der Waals surface area contributed by atoms with Crippen molar-refractivity contribution in [2.24, 2.45) is 5.92 Å². The molecule has 0 spiro atoms. The minimum absolute atomic E-state index is 0.0725. The van der Waals surface area contributed by atoms with E-state index in [1.54, 1.807) is 35.6 Å².